The predicted molar refractivity (Wildman–Crippen MR) is 99.1 cm³/mol. The number of aliphatic carboxylic acids is 1. The second-order valence-electron chi connectivity index (χ2n) is 7.41. The van der Waals surface area contributed by atoms with Gasteiger partial charge in [0.25, 0.3) is 0 Å². The molecule has 1 fully saturated rings. The van der Waals surface area contributed by atoms with E-state index in [0.717, 1.165) is 31.4 Å². The highest BCUT2D eigenvalue weighted by atomic mass is 16.6. The van der Waals surface area contributed by atoms with Crippen molar-refractivity contribution in [2.24, 2.45) is 11.8 Å². The van der Waals surface area contributed by atoms with Gasteiger partial charge in [0.2, 0.25) is 0 Å². The number of rotatable bonds is 13. The van der Waals surface area contributed by atoms with Gasteiger partial charge in [0.05, 0.1) is 18.8 Å². The number of carbonyl (C=O) groups is 1. The molecule has 0 radical (unpaired) electrons. The van der Waals surface area contributed by atoms with Crippen molar-refractivity contribution in [1.29, 1.82) is 0 Å². The van der Waals surface area contributed by atoms with Crippen LogP contribution in [0.2, 0.25) is 0 Å². The molecule has 6 nitrogen and oxygen atoms in total. The maximum atomic E-state index is 10.4. The molecule has 0 bridgehead atoms. The first-order valence-corrected chi connectivity index (χ1v) is 9.88. The molecule has 0 amide bonds. The van der Waals surface area contributed by atoms with Crippen LogP contribution in [-0.4, -0.2) is 40.1 Å². The van der Waals surface area contributed by atoms with E-state index in [1.165, 1.54) is 18.4 Å². The Balaban J connectivity index is 1.72. The summed E-state index contributed by atoms with van der Waals surface area (Å²) in [4.78, 5) is 15.8. The van der Waals surface area contributed by atoms with E-state index < -0.39 is 18.2 Å². The number of allylic oxidation sites excluding steroid dienone is 1. The number of hydrogen-bond acceptors (Lipinski definition) is 5. The second kappa shape index (κ2) is 10.7. The van der Waals surface area contributed by atoms with Crippen LogP contribution in [0.25, 0.3) is 0 Å². The van der Waals surface area contributed by atoms with Gasteiger partial charge in [-0.1, -0.05) is 44.8 Å². The molecule has 1 saturated carbocycles. The van der Waals surface area contributed by atoms with Crippen molar-refractivity contribution >= 4 is 5.97 Å². The third kappa shape index (κ3) is 6.11. The largest absolute Gasteiger partial charge is 0.481 e. The molecule has 0 aromatic carbocycles. The third-order valence-electron chi connectivity index (χ3n) is 5.34. The molecular weight excluding hydrogens is 334 g/mol. The lowest BCUT2D eigenvalue weighted by Gasteiger charge is -2.31. The van der Waals surface area contributed by atoms with Crippen molar-refractivity contribution in [2.45, 2.75) is 76.9 Å². The van der Waals surface area contributed by atoms with Crippen LogP contribution in [0, 0.1) is 11.8 Å². The van der Waals surface area contributed by atoms with Crippen LogP contribution in [0.5, 0.6) is 0 Å². The number of aliphatic hydroxyl groups is 2. The summed E-state index contributed by atoms with van der Waals surface area (Å²) in [7, 11) is 0. The van der Waals surface area contributed by atoms with Gasteiger partial charge in [0, 0.05) is 18.0 Å². The monoisotopic (exact) mass is 367 g/mol. The van der Waals surface area contributed by atoms with Crippen molar-refractivity contribution in [1.82, 2.24) is 5.48 Å². The number of hydroxylamine groups is 1. The molecule has 4 atom stereocenters. The molecule has 2 aliphatic rings. The van der Waals surface area contributed by atoms with Crippen LogP contribution in [0.4, 0.5) is 0 Å². The lowest BCUT2D eigenvalue weighted by atomic mass is 9.79. The maximum absolute atomic E-state index is 10.4. The average Bonchev–Trinajstić information content (AvgIpc) is 2.84. The Bertz CT molecular complexity index is 516. The number of carboxylic acids is 1. The number of fused-ring (bicyclic) bond motifs is 1. The van der Waals surface area contributed by atoms with Gasteiger partial charge in [-0.15, -0.1) is 0 Å². The van der Waals surface area contributed by atoms with E-state index in [-0.39, 0.29) is 12.3 Å². The summed E-state index contributed by atoms with van der Waals surface area (Å²) < 4.78 is 0. The van der Waals surface area contributed by atoms with Crippen LogP contribution in [0.3, 0.4) is 0 Å². The van der Waals surface area contributed by atoms with Crippen LogP contribution in [0.1, 0.15) is 64.7 Å². The molecule has 4 N–H and O–H groups in total. The Morgan fingerprint density at radius 3 is 2.85 bits per heavy atom. The van der Waals surface area contributed by atoms with E-state index >= 15 is 0 Å². The van der Waals surface area contributed by atoms with E-state index in [1.807, 2.05) is 12.2 Å². The number of carboxylic acid groups (broad SMARTS) is 1. The number of aliphatic hydroxyl groups excluding tert-OH is 2. The molecule has 3 unspecified atom stereocenters. The van der Waals surface area contributed by atoms with E-state index in [1.54, 1.807) is 0 Å². The Kier molecular flexibility index (Phi) is 8.62. The highest BCUT2D eigenvalue weighted by molar-refractivity contribution is 5.66. The summed E-state index contributed by atoms with van der Waals surface area (Å²) in [6.07, 6.45) is 10.4. The summed E-state index contributed by atoms with van der Waals surface area (Å²) in [6, 6.07) is 0. The number of unbranched alkanes of at least 4 members (excludes halogenated alkanes) is 3. The topological polar surface area (TPSA) is 99.0 Å². The van der Waals surface area contributed by atoms with Crippen molar-refractivity contribution in [3.05, 3.63) is 23.4 Å². The SMILES string of the molecule is CCCCCCC(O)C=CC1C(O)CC2=C(NOCCCC(=O)O)C[C@H]21. The zero-order valence-corrected chi connectivity index (χ0v) is 15.7. The molecule has 0 saturated heterocycles. The molecule has 0 aliphatic heterocycles. The minimum absolute atomic E-state index is 0.0628. The Morgan fingerprint density at radius 2 is 2.12 bits per heavy atom. The van der Waals surface area contributed by atoms with Crippen molar-refractivity contribution < 1.29 is 25.0 Å². The third-order valence-corrected chi connectivity index (χ3v) is 5.34. The first-order valence-electron chi connectivity index (χ1n) is 9.88. The summed E-state index contributed by atoms with van der Waals surface area (Å²) in [5.41, 5.74) is 5.12. The quantitative estimate of drug-likeness (QED) is 0.227. The normalized spacial score (nSPS) is 26.0. The van der Waals surface area contributed by atoms with Gasteiger partial charge in [0.15, 0.2) is 0 Å². The zero-order valence-electron chi connectivity index (χ0n) is 15.7. The molecule has 26 heavy (non-hydrogen) atoms. The zero-order chi connectivity index (χ0) is 18.9. The fourth-order valence-corrected chi connectivity index (χ4v) is 3.78. The Hall–Kier alpha value is -1.37. The van der Waals surface area contributed by atoms with Gasteiger partial charge in [-0.25, -0.2) is 0 Å². The van der Waals surface area contributed by atoms with Crippen molar-refractivity contribution in [3.8, 4) is 0 Å². The molecule has 2 rings (SSSR count). The molecule has 0 aromatic rings. The smallest absolute Gasteiger partial charge is 0.303 e. The lowest BCUT2D eigenvalue weighted by Crippen LogP contribution is -2.29. The van der Waals surface area contributed by atoms with E-state index in [0.29, 0.717) is 25.4 Å². The van der Waals surface area contributed by atoms with E-state index in [4.69, 9.17) is 9.94 Å². The van der Waals surface area contributed by atoms with Gasteiger partial charge >= 0.3 is 5.97 Å². The van der Waals surface area contributed by atoms with E-state index in [9.17, 15) is 15.0 Å². The predicted octanol–water partition coefficient (Wildman–Crippen LogP) is 2.91. The van der Waals surface area contributed by atoms with Crippen molar-refractivity contribution in [2.75, 3.05) is 6.61 Å². The first kappa shape index (κ1) is 20.9. The molecule has 148 valence electrons. The average molecular weight is 367 g/mol. The summed E-state index contributed by atoms with van der Waals surface area (Å²) in [5.74, 6) is -0.438. The van der Waals surface area contributed by atoms with E-state index in [2.05, 4.69) is 12.4 Å². The summed E-state index contributed by atoms with van der Waals surface area (Å²) >= 11 is 0. The number of nitrogens with one attached hydrogen (secondary N) is 1. The van der Waals surface area contributed by atoms with Crippen LogP contribution >= 0.6 is 0 Å². The van der Waals surface area contributed by atoms with Crippen LogP contribution in [-0.2, 0) is 9.63 Å². The van der Waals surface area contributed by atoms with Crippen LogP contribution in [0.15, 0.2) is 23.4 Å². The van der Waals surface area contributed by atoms with Gasteiger partial charge in [0.1, 0.15) is 0 Å². The minimum atomic E-state index is -0.819. The van der Waals surface area contributed by atoms with Gasteiger partial charge in [-0.3, -0.25) is 15.1 Å². The van der Waals surface area contributed by atoms with Gasteiger partial charge in [-0.2, -0.15) is 0 Å². The molecule has 0 heterocycles. The summed E-state index contributed by atoms with van der Waals surface area (Å²) in [5, 5.41) is 29.0. The van der Waals surface area contributed by atoms with Crippen molar-refractivity contribution in [3.63, 3.8) is 0 Å². The lowest BCUT2D eigenvalue weighted by molar-refractivity contribution is -0.137. The highest BCUT2D eigenvalue weighted by Gasteiger charge is 2.44. The molecular formula is C20H33NO5. The number of hydrogen-bond donors (Lipinski definition) is 4. The molecule has 0 aromatic heterocycles. The molecule has 0 spiro atoms. The fraction of sp³-hybridized carbons (Fsp3) is 0.750. The Labute approximate surface area is 155 Å². The van der Waals surface area contributed by atoms with Gasteiger partial charge in [-0.05, 0) is 37.2 Å². The first-order chi connectivity index (χ1) is 12.5. The molecule has 6 heteroatoms. The highest BCUT2D eigenvalue weighted by Crippen LogP contribution is 2.49. The maximum Gasteiger partial charge on any atom is 0.303 e. The van der Waals surface area contributed by atoms with Gasteiger partial charge < -0.3 is 15.3 Å². The molecule has 2 aliphatic carbocycles. The minimum Gasteiger partial charge on any atom is -0.481 e. The standard InChI is InChI=1S/C20H33NO5/c1-2-3-4-5-7-14(22)9-10-15-16-12-18(17(16)13-19(15)23)21-26-11-6-8-20(24)25/h9-10,14-16,19,21-23H,2-8,11-13H2,1H3,(H,24,25)/t14?,15?,16-,19?/m0/s1. The Morgan fingerprint density at radius 1 is 1.31 bits per heavy atom. The summed E-state index contributed by atoms with van der Waals surface area (Å²) in [6.45, 7) is 2.52. The second-order valence-corrected chi connectivity index (χ2v) is 7.41. The van der Waals surface area contributed by atoms with Crippen LogP contribution < -0.4 is 5.48 Å². The fourth-order valence-electron chi connectivity index (χ4n) is 3.78.